The molecule has 0 bridgehead atoms. The lowest BCUT2D eigenvalue weighted by atomic mass is 9.81. The van der Waals surface area contributed by atoms with Crippen molar-refractivity contribution in [3.05, 3.63) is 47.3 Å². The molecule has 2 aliphatic rings. The highest BCUT2D eigenvalue weighted by Gasteiger charge is 2.39. The molecule has 0 saturated carbocycles. The van der Waals surface area contributed by atoms with E-state index in [1.807, 2.05) is 25.1 Å². The zero-order chi connectivity index (χ0) is 23.4. The summed E-state index contributed by atoms with van der Waals surface area (Å²) in [5.74, 6) is 1.68. The molecule has 3 aromatic rings. The Hall–Kier alpha value is -2.91. The molecule has 33 heavy (non-hydrogen) atoms. The molecule has 0 unspecified atom stereocenters. The van der Waals surface area contributed by atoms with Crippen molar-refractivity contribution in [1.82, 2.24) is 24.9 Å². The van der Waals surface area contributed by atoms with E-state index < -0.39 is 0 Å². The highest BCUT2D eigenvalue weighted by atomic mass is 32.1. The van der Waals surface area contributed by atoms with Crippen LogP contribution in [0.1, 0.15) is 62.3 Å². The first-order chi connectivity index (χ1) is 15.6. The number of amides is 1. The van der Waals surface area contributed by atoms with Gasteiger partial charge in [0.2, 0.25) is 5.88 Å². The van der Waals surface area contributed by atoms with Crippen LogP contribution in [-0.2, 0) is 6.54 Å². The van der Waals surface area contributed by atoms with Gasteiger partial charge in [0, 0.05) is 41.1 Å². The summed E-state index contributed by atoms with van der Waals surface area (Å²) in [5, 5.41) is 13.1. The Morgan fingerprint density at radius 2 is 1.85 bits per heavy atom. The maximum Gasteiger partial charge on any atom is 0.260 e. The quantitative estimate of drug-likeness (QED) is 0.620. The highest BCUT2D eigenvalue weighted by Crippen LogP contribution is 2.33. The number of piperidine rings is 1. The number of nitrogens with one attached hydrogen (secondary N) is 1. The largest absolute Gasteiger partial charge is 0.473 e. The topological polar surface area (TPSA) is 93.1 Å². The minimum absolute atomic E-state index is 0.0141. The van der Waals surface area contributed by atoms with Gasteiger partial charge in [0.1, 0.15) is 16.9 Å². The van der Waals surface area contributed by atoms with E-state index in [2.05, 4.69) is 52.6 Å². The molecule has 0 spiro atoms. The van der Waals surface area contributed by atoms with Crippen LogP contribution >= 0.6 is 11.5 Å². The second kappa shape index (κ2) is 7.85. The van der Waals surface area contributed by atoms with Gasteiger partial charge in [-0.05, 0) is 69.9 Å². The SMILES string of the molecule is Cc1nsc(-c2ccc3c(c2)CN(c2ccc(OC4CC(C)(C)NC(C)(C)C4)nn2)C3=O)n1. The van der Waals surface area contributed by atoms with Crippen LogP contribution in [0.5, 0.6) is 5.88 Å². The lowest BCUT2D eigenvalue weighted by Gasteiger charge is -2.46. The van der Waals surface area contributed by atoms with Gasteiger partial charge in [-0.3, -0.25) is 9.69 Å². The van der Waals surface area contributed by atoms with Gasteiger partial charge in [-0.1, -0.05) is 6.07 Å². The standard InChI is InChI=1S/C24H28N6O2S/c1-14-25-21(33-28-14)15-6-7-18-16(10-15)13-30(22(18)31)19-8-9-20(27-26-19)32-17-11-23(2,3)29-24(4,5)12-17/h6-10,17,29H,11-13H2,1-5H3. The molecule has 2 aliphatic heterocycles. The molecule has 5 rings (SSSR count). The first kappa shape index (κ1) is 21.9. The molecule has 1 saturated heterocycles. The van der Waals surface area contributed by atoms with Crippen molar-refractivity contribution in [3.8, 4) is 16.5 Å². The number of anilines is 1. The molecular weight excluding hydrogens is 436 g/mol. The molecule has 172 valence electrons. The van der Waals surface area contributed by atoms with E-state index in [4.69, 9.17) is 4.74 Å². The Balaban J connectivity index is 1.30. The van der Waals surface area contributed by atoms with Crippen LogP contribution in [0, 0.1) is 6.92 Å². The van der Waals surface area contributed by atoms with E-state index in [1.54, 1.807) is 17.0 Å². The first-order valence-corrected chi connectivity index (χ1v) is 11.9. The van der Waals surface area contributed by atoms with E-state index >= 15 is 0 Å². The van der Waals surface area contributed by atoms with E-state index in [-0.39, 0.29) is 23.1 Å². The number of hydrogen-bond donors (Lipinski definition) is 1. The molecule has 1 amide bonds. The first-order valence-electron chi connectivity index (χ1n) is 11.1. The summed E-state index contributed by atoms with van der Waals surface area (Å²) in [7, 11) is 0. The number of rotatable bonds is 4. The number of nitrogens with zero attached hydrogens (tertiary/aromatic N) is 5. The maximum absolute atomic E-state index is 13.0. The van der Waals surface area contributed by atoms with Crippen LogP contribution in [0.25, 0.3) is 10.6 Å². The summed E-state index contributed by atoms with van der Waals surface area (Å²) in [5.41, 5.74) is 2.57. The predicted molar refractivity (Wildman–Crippen MR) is 128 cm³/mol. The lowest BCUT2D eigenvalue weighted by Crippen LogP contribution is -2.60. The van der Waals surface area contributed by atoms with Crippen molar-refractivity contribution in [3.63, 3.8) is 0 Å². The molecular formula is C24H28N6O2S. The minimum Gasteiger partial charge on any atom is -0.473 e. The van der Waals surface area contributed by atoms with Gasteiger partial charge in [-0.15, -0.1) is 10.2 Å². The minimum atomic E-state index is -0.0742. The number of benzene rings is 1. The fourth-order valence-electron chi connectivity index (χ4n) is 5.06. The van der Waals surface area contributed by atoms with Crippen LogP contribution in [0.3, 0.4) is 0 Å². The Labute approximate surface area is 197 Å². The fraction of sp³-hybridized carbons (Fsp3) is 0.458. The summed E-state index contributed by atoms with van der Waals surface area (Å²) in [6, 6.07) is 9.40. The molecule has 0 aliphatic carbocycles. The average Bonchev–Trinajstić information content (AvgIpc) is 3.29. The Bertz CT molecular complexity index is 1190. The molecule has 2 aromatic heterocycles. The van der Waals surface area contributed by atoms with Gasteiger partial charge in [0.25, 0.3) is 5.91 Å². The highest BCUT2D eigenvalue weighted by molar-refractivity contribution is 7.09. The van der Waals surface area contributed by atoms with Crippen LogP contribution in [0.2, 0.25) is 0 Å². The number of hydrogen-bond acceptors (Lipinski definition) is 8. The van der Waals surface area contributed by atoms with Crippen LogP contribution in [0.4, 0.5) is 5.82 Å². The molecule has 9 heteroatoms. The molecule has 0 atom stereocenters. The Kier molecular flexibility index (Phi) is 5.21. The zero-order valence-corrected chi connectivity index (χ0v) is 20.4. The normalized spacial score (nSPS) is 19.5. The third-order valence-electron chi connectivity index (χ3n) is 6.03. The van der Waals surface area contributed by atoms with E-state index in [0.717, 1.165) is 34.8 Å². The van der Waals surface area contributed by atoms with Crippen LogP contribution in [0.15, 0.2) is 30.3 Å². The van der Waals surface area contributed by atoms with Crippen molar-refractivity contribution in [2.75, 3.05) is 4.90 Å². The number of aryl methyl sites for hydroxylation is 1. The van der Waals surface area contributed by atoms with Gasteiger partial charge in [-0.25, -0.2) is 4.98 Å². The Morgan fingerprint density at radius 3 is 2.48 bits per heavy atom. The number of ether oxygens (including phenoxy) is 1. The van der Waals surface area contributed by atoms with Crippen molar-refractivity contribution in [2.24, 2.45) is 0 Å². The average molecular weight is 465 g/mol. The van der Waals surface area contributed by atoms with Crippen LogP contribution in [-0.4, -0.2) is 42.6 Å². The zero-order valence-electron chi connectivity index (χ0n) is 19.5. The molecule has 1 aromatic carbocycles. The van der Waals surface area contributed by atoms with Crippen molar-refractivity contribution < 1.29 is 9.53 Å². The summed E-state index contributed by atoms with van der Waals surface area (Å²) in [6.07, 6.45) is 1.82. The molecule has 8 nitrogen and oxygen atoms in total. The van der Waals surface area contributed by atoms with Gasteiger partial charge >= 0.3 is 0 Å². The van der Waals surface area contributed by atoms with Crippen molar-refractivity contribution in [1.29, 1.82) is 0 Å². The monoisotopic (exact) mass is 464 g/mol. The maximum atomic E-state index is 13.0. The lowest BCUT2D eigenvalue weighted by molar-refractivity contribution is 0.0523. The van der Waals surface area contributed by atoms with Gasteiger partial charge < -0.3 is 10.1 Å². The van der Waals surface area contributed by atoms with E-state index in [1.165, 1.54) is 11.5 Å². The third-order valence-corrected chi connectivity index (χ3v) is 6.88. The smallest absolute Gasteiger partial charge is 0.260 e. The van der Waals surface area contributed by atoms with Gasteiger partial charge in [-0.2, -0.15) is 4.37 Å². The summed E-state index contributed by atoms with van der Waals surface area (Å²) >= 11 is 1.36. The fourth-order valence-corrected chi connectivity index (χ4v) is 5.72. The van der Waals surface area contributed by atoms with Crippen LogP contribution < -0.4 is 15.0 Å². The number of aromatic nitrogens is 4. The summed E-state index contributed by atoms with van der Waals surface area (Å²) < 4.78 is 10.4. The molecule has 1 N–H and O–H groups in total. The second-order valence-corrected chi connectivity index (χ2v) is 10.9. The van der Waals surface area contributed by atoms with Crippen molar-refractivity contribution >= 4 is 23.3 Å². The molecule has 4 heterocycles. The number of carbonyl (C=O) groups is 1. The summed E-state index contributed by atoms with van der Waals surface area (Å²) in [4.78, 5) is 19.1. The number of fused-ring (bicyclic) bond motifs is 1. The van der Waals surface area contributed by atoms with Gasteiger partial charge in [0.15, 0.2) is 5.82 Å². The van der Waals surface area contributed by atoms with Gasteiger partial charge in [0.05, 0.1) is 6.54 Å². The third kappa shape index (κ3) is 4.47. The molecule has 1 fully saturated rings. The van der Waals surface area contributed by atoms with E-state index in [0.29, 0.717) is 23.8 Å². The Morgan fingerprint density at radius 1 is 1.09 bits per heavy atom. The van der Waals surface area contributed by atoms with E-state index in [9.17, 15) is 4.79 Å². The summed E-state index contributed by atoms with van der Waals surface area (Å²) in [6.45, 7) is 11.1. The second-order valence-electron chi connectivity index (χ2n) is 10.2. The molecule has 0 radical (unpaired) electrons. The number of carbonyl (C=O) groups excluding carboxylic acids is 1. The van der Waals surface area contributed by atoms with Crippen molar-refractivity contribution in [2.45, 2.75) is 71.2 Å². The predicted octanol–water partition coefficient (Wildman–Crippen LogP) is 4.15.